The van der Waals surface area contributed by atoms with E-state index < -0.39 is 0 Å². The Morgan fingerprint density at radius 2 is 1.76 bits per heavy atom. The first-order valence-electron chi connectivity index (χ1n) is 7.76. The van der Waals surface area contributed by atoms with Crippen LogP contribution in [0, 0.1) is 5.82 Å². The van der Waals surface area contributed by atoms with Crippen molar-refractivity contribution in [1.29, 1.82) is 0 Å². The summed E-state index contributed by atoms with van der Waals surface area (Å²) in [6, 6.07) is 16.3. The molecule has 0 radical (unpaired) electrons. The molecule has 0 amide bonds. The van der Waals surface area contributed by atoms with Gasteiger partial charge in [-0.25, -0.2) is 14.4 Å². The van der Waals surface area contributed by atoms with Crippen LogP contribution in [0.1, 0.15) is 17.7 Å². The standard InChI is InChI=1S/C18H14FN5S/c1-12(13-5-3-2-4-6-13)25-18-16-17(20-11-21-18)24(23-22-16)15-9-7-14(19)8-10-15/h2-12H,1H3/t12-/m1/s1. The predicted octanol–water partition coefficient (Wildman–Crippen LogP) is 4.20. The second kappa shape index (κ2) is 6.60. The summed E-state index contributed by atoms with van der Waals surface area (Å²) in [6.07, 6.45) is 1.51. The molecule has 0 spiro atoms. The quantitative estimate of drug-likeness (QED) is 0.407. The molecule has 2 aromatic heterocycles. The molecule has 2 aromatic carbocycles. The fraction of sp³-hybridized carbons (Fsp3) is 0.111. The average molecular weight is 351 g/mol. The smallest absolute Gasteiger partial charge is 0.187 e. The Bertz CT molecular complexity index is 1000. The van der Waals surface area contributed by atoms with E-state index in [1.165, 1.54) is 24.0 Å². The number of benzene rings is 2. The molecule has 7 heteroatoms. The van der Waals surface area contributed by atoms with Gasteiger partial charge in [0.25, 0.3) is 0 Å². The number of nitrogens with zero attached hydrogens (tertiary/aromatic N) is 5. The number of hydrogen-bond acceptors (Lipinski definition) is 5. The normalized spacial score (nSPS) is 12.4. The van der Waals surface area contributed by atoms with Gasteiger partial charge in [0.15, 0.2) is 11.2 Å². The molecule has 0 unspecified atom stereocenters. The third-order valence-corrected chi connectivity index (χ3v) is 4.98. The summed E-state index contributed by atoms with van der Waals surface area (Å²) in [5.74, 6) is -0.296. The van der Waals surface area contributed by atoms with Crippen LogP contribution < -0.4 is 0 Å². The van der Waals surface area contributed by atoms with E-state index in [1.807, 2.05) is 18.2 Å². The first-order chi connectivity index (χ1) is 12.2. The first-order valence-corrected chi connectivity index (χ1v) is 8.64. The molecule has 0 saturated heterocycles. The van der Waals surface area contributed by atoms with Gasteiger partial charge >= 0.3 is 0 Å². The molecule has 0 aliphatic heterocycles. The number of rotatable bonds is 4. The Hall–Kier alpha value is -2.80. The van der Waals surface area contributed by atoms with Gasteiger partial charge in [-0.1, -0.05) is 47.3 Å². The van der Waals surface area contributed by atoms with Crippen LogP contribution in [0.4, 0.5) is 4.39 Å². The molecule has 0 aliphatic carbocycles. The van der Waals surface area contributed by atoms with E-state index in [1.54, 1.807) is 28.6 Å². The number of halogens is 1. The molecule has 0 saturated carbocycles. The topological polar surface area (TPSA) is 56.5 Å². The third kappa shape index (κ3) is 3.10. The maximum atomic E-state index is 13.1. The summed E-state index contributed by atoms with van der Waals surface area (Å²) >= 11 is 1.61. The number of thioether (sulfide) groups is 1. The van der Waals surface area contributed by atoms with Gasteiger partial charge in [0.2, 0.25) is 0 Å². The van der Waals surface area contributed by atoms with Crippen molar-refractivity contribution in [3.63, 3.8) is 0 Å². The van der Waals surface area contributed by atoms with Crippen LogP contribution in [0.15, 0.2) is 66.0 Å². The van der Waals surface area contributed by atoms with E-state index in [0.717, 1.165) is 5.03 Å². The lowest BCUT2D eigenvalue weighted by atomic mass is 10.2. The molecule has 124 valence electrons. The summed E-state index contributed by atoms with van der Waals surface area (Å²) in [7, 11) is 0. The zero-order valence-electron chi connectivity index (χ0n) is 13.4. The summed E-state index contributed by atoms with van der Waals surface area (Å²) < 4.78 is 14.7. The van der Waals surface area contributed by atoms with E-state index in [9.17, 15) is 4.39 Å². The highest BCUT2D eigenvalue weighted by Crippen LogP contribution is 2.36. The number of fused-ring (bicyclic) bond motifs is 1. The van der Waals surface area contributed by atoms with Crippen LogP contribution in [-0.2, 0) is 0 Å². The summed E-state index contributed by atoms with van der Waals surface area (Å²) in [5.41, 5.74) is 3.16. The fourth-order valence-electron chi connectivity index (χ4n) is 2.53. The summed E-state index contributed by atoms with van der Waals surface area (Å²) in [4.78, 5) is 8.67. The van der Waals surface area contributed by atoms with Crippen LogP contribution in [0.2, 0.25) is 0 Å². The molecular weight excluding hydrogens is 337 g/mol. The summed E-state index contributed by atoms with van der Waals surface area (Å²) in [6.45, 7) is 2.12. The second-order valence-corrected chi connectivity index (χ2v) is 6.83. The molecular formula is C18H14FN5S. The Morgan fingerprint density at radius 3 is 2.52 bits per heavy atom. The maximum Gasteiger partial charge on any atom is 0.187 e. The molecule has 0 N–H and O–H groups in total. The van der Waals surface area contributed by atoms with Gasteiger partial charge in [0, 0.05) is 5.25 Å². The Balaban J connectivity index is 1.71. The predicted molar refractivity (Wildman–Crippen MR) is 95.1 cm³/mol. The summed E-state index contributed by atoms with van der Waals surface area (Å²) in [5, 5.41) is 9.39. The van der Waals surface area contributed by atoms with E-state index in [-0.39, 0.29) is 11.1 Å². The van der Waals surface area contributed by atoms with Gasteiger partial charge in [-0.2, -0.15) is 4.68 Å². The lowest BCUT2D eigenvalue weighted by molar-refractivity contribution is 0.627. The highest BCUT2D eigenvalue weighted by atomic mass is 32.2. The fourth-order valence-corrected chi connectivity index (χ4v) is 3.51. The van der Waals surface area contributed by atoms with Crippen molar-refractivity contribution in [2.75, 3.05) is 0 Å². The van der Waals surface area contributed by atoms with Crippen LogP contribution >= 0.6 is 11.8 Å². The average Bonchev–Trinajstić information content (AvgIpc) is 3.08. The van der Waals surface area contributed by atoms with Gasteiger partial charge in [-0.05, 0) is 36.8 Å². The highest BCUT2D eigenvalue weighted by molar-refractivity contribution is 7.99. The first kappa shape index (κ1) is 15.7. The molecule has 2 heterocycles. The van der Waals surface area contributed by atoms with Gasteiger partial charge in [0.05, 0.1) is 5.69 Å². The molecule has 0 aliphatic rings. The second-order valence-electron chi connectivity index (χ2n) is 5.50. The van der Waals surface area contributed by atoms with E-state index in [4.69, 9.17) is 0 Å². The van der Waals surface area contributed by atoms with Gasteiger partial charge in [-0.3, -0.25) is 0 Å². The molecule has 4 aromatic rings. The molecule has 1 atom stereocenters. The van der Waals surface area contributed by atoms with Crippen molar-refractivity contribution < 1.29 is 4.39 Å². The highest BCUT2D eigenvalue weighted by Gasteiger charge is 2.16. The van der Waals surface area contributed by atoms with Crippen molar-refractivity contribution in [1.82, 2.24) is 25.0 Å². The minimum atomic E-state index is -0.296. The van der Waals surface area contributed by atoms with Crippen molar-refractivity contribution in [2.45, 2.75) is 17.2 Å². The Kier molecular flexibility index (Phi) is 4.15. The van der Waals surface area contributed by atoms with Gasteiger partial charge in [0.1, 0.15) is 17.2 Å². The third-order valence-electron chi connectivity index (χ3n) is 3.83. The lowest BCUT2D eigenvalue weighted by Gasteiger charge is -2.10. The molecule has 4 rings (SSSR count). The number of aromatic nitrogens is 5. The van der Waals surface area contributed by atoms with Crippen LogP contribution in [0.25, 0.3) is 16.9 Å². The van der Waals surface area contributed by atoms with Crippen molar-refractivity contribution >= 4 is 22.9 Å². The monoisotopic (exact) mass is 351 g/mol. The van der Waals surface area contributed by atoms with Crippen LogP contribution in [0.5, 0.6) is 0 Å². The molecule has 0 fully saturated rings. The number of hydrogen-bond donors (Lipinski definition) is 0. The SMILES string of the molecule is C[C@@H](Sc1ncnc2c1nnn2-c1ccc(F)cc1)c1ccccc1. The largest absolute Gasteiger partial charge is 0.227 e. The van der Waals surface area contributed by atoms with Gasteiger partial charge < -0.3 is 0 Å². The maximum absolute atomic E-state index is 13.1. The zero-order chi connectivity index (χ0) is 17.2. The Morgan fingerprint density at radius 1 is 1.00 bits per heavy atom. The molecule has 25 heavy (non-hydrogen) atoms. The van der Waals surface area contributed by atoms with Crippen molar-refractivity contribution in [2.24, 2.45) is 0 Å². The molecule has 5 nitrogen and oxygen atoms in total. The van der Waals surface area contributed by atoms with E-state index in [0.29, 0.717) is 16.9 Å². The Labute approximate surface area is 147 Å². The van der Waals surface area contributed by atoms with Crippen molar-refractivity contribution in [3.8, 4) is 5.69 Å². The minimum absolute atomic E-state index is 0.218. The van der Waals surface area contributed by atoms with Crippen LogP contribution in [-0.4, -0.2) is 25.0 Å². The lowest BCUT2D eigenvalue weighted by Crippen LogP contribution is -1.98. The zero-order valence-corrected chi connectivity index (χ0v) is 14.2. The van der Waals surface area contributed by atoms with Crippen LogP contribution in [0.3, 0.4) is 0 Å². The minimum Gasteiger partial charge on any atom is -0.227 e. The van der Waals surface area contributed by atoms with E-state index >= 15 is 0 Å². The molecule has 0 bridgehead atoms. The van der Waals surface area contributed by atoms with Gasteiger partial charge in [-0.15, -0.1) is 5.10 Å². The van der Waals surface area contributed by atoms with E-state index in [2.05, 4.69) is 39.3 Å². The van der Waals surface area contributed by atoms with Crippen molar-refractivity contribution in [3.05, 3.63) is 72.3 Å².